The lowest BCUT2D eigenvalue weighted by Crippen LogP contribution is -2.43. The van der Waals surface area contributed by atoms with E-state index in [-0.39, 0.29) is 5.92 Å². The molecule has 202 valence electrons. The average molecular weight is 551 g/mol. The number of rotatable bonds is 15. The maximum atomic E-state index is 12.5. The predicted molar refractivity (Wildman–Crippen MR) is 157 cm³/mol. The molecule has 0 radical (unpaired) electrons. The van der Waals surface area contributed by atoms with Crippen molar-refractivity contribution in [2.45, 2.75) is 46.1 Å². The minimum Gasteiger partial charge on any atom is -0.290 e. The average Bonchev–Trinajstić information content (AvgIpc) is 2.95. The molecule has 0 spiro atoms. The summed E-state index contributed by atoms with van der Waals surface area (Å²) in [5, 5.41) is 2.20. The zero-order chi connectivity index (χ0) is 28.3. The third-order valence-corrected chi connectivity index (χ3v) is 15.0. The molecule has 2 aromatic carbocycles. The lowest BCUT2D eigenvalue weighted by molar-refractivity contribution is -0.430. The first kappa shape index (κ1) is 30.9. The molecule has 8 heteroatoms. The van der Waals surface area contributed by atoms with Crippen molar-refractivity contribution in [3.63, 3.8) is 0 Å². The molecule has 0 bridgehead atoms. The van der Waals surface area contributed by atoms with Crippen LogP contribution in [-0.2, 0) is 19.6 Å². The Labute approximate surface area is 228 Å². The Hall–Kier alpha value is -3.31. The van der Waals surface area contributed by atoms with Crippen LogP contribution in [-0.4, -0.2) is 34.4 Å². The van der Waals surface area contributed by atoms with E-state index in [0.717, 1.165) is 22.5 Å². The van der Waals surface area contributed by atoms with Crippen LogP contribution in [0.5, 0.6) is 0 Å². The van der Waals surface area contributed by atoms with Gasteiger partial charge in [-0.05, 0) is 36.4 Å². The summed E-state index contributed by atoms with van der Waals surface area (Å²) < 4.78 is 0. The smallest absolute Gasteiger partial charge is 0.290 e. The van der Waals surface area contributed by atoms with Crippen LogP contribution in [0.25, 0.3) is 0 Å². The Balaban J connectivity index is 2.00. The molecular weight excluding hydrogens is 512 g/mol. The van der Waals surface area contributed by atoms with Gasteiger partial charge in [0.15, 0.2) is 0 Å². The lowest BCUT2D eigenvalue weighted by atomic mass is 10.2. The van der Waals surface area contributed by atoms with Crippen LogP contribution in [0.15, 0.2) is 97.6 Å². The Morgan fingerprint density at radius 3 is 1.24 bits per heavy atom. The molecule has 0 unspecified atom stereocenters. The second kappa shape index (κ2) is 14.0. The van der Waals surface area contributed by atoms with Crippen molar-refractivity contribution < 1.29 is 29.1 Å². The third kappa shape index (κ3) is 6.96. The SMILES string of the molecule is C=C[Si](C=C)(CC)c1ccc(C(=O)OOC(OOC(=O)c2ccc([Si](C=C)(C=C)CC)cc2)C(C)C)cc1. The van der Waals surface area contributed by atoms with Gasteiger partial charge in [-0.15, -0.1) is 36.1 Å². The monoisotopic (exact) mass is 550 g/mol. The molecule has 2 aromatic rings. The summed E-state index contributed by atoms with van der Waals surface area (Å²) >= 11 is 0. The van der Waals surface area contributed by atoms with E-state index in [1.54, 1.807) is 38.1 Å². The van der Waals surface area contributed by atoms with E-state index in [4.69, 9.17) is 19.6 Å². The fourth-order valence-electron chi connectivity index (χ4n) is 3.97. The molecule has 0 amide bonds. The second-order valence-corrected chi connectivity index (χ2v) is 17.7. The summed E-state index contributed by atoms with van der Waals surface area (Å²) in [6.45, 7) is 23.6. The van der Waals surface area contributed by atoms with Crippen molar-refractivity contribution in [3.05, 3.63) is 109 Å². The van der Waals surface area contributed by atoms with E-state index in [1.807, 2.05) is 47.1 Å². The van der Waals surface area contributed by atoms with Gasteiger partial charge in [0, 0.05) is 5.92 Å². The summed E-state index contributed by atoms with van der Waals surface area (Å²) in [5.74, 6) is -1.67. The lowest BCUT2D eigenvalue weighted by Gasteiger charge is -2.23. The van der Waals surface area contributed by atoms with E-state index < -0.39 is 34.4 Å². The molecule has 0 fully saturated rings. The molecule has 0 aliphatic heterocycles. The van der Waals surface area contributed by atoms with Gasteiger partial charge >= 0.3 is 11.9 Å². The van der Waals surface area contributed by atoms with Crippen molar-refractivity contribution in [1.82, 2.24) is 0 Å². The summed E-state index contributed by atoms with van der Waals surface area (Å²) in [5.41, 5.74) is 8.51. The van der Waals surface area contributed by atoms with Crippen LogP contribution in [0.2, 0.25) is 12.1 Å². The molecule has 6 nitrogen and oxygen atoms in total. The van der Waals surface area contributed by atoms with Gasteiger partial charge in [-0.3, -0.25) is 9.78 Å². The minimum atomic E-state index is -2.00. The zero-order valence-corrected chi connectivity index (χ0v) is 24.8. The number of benzene rings is 2. The van der Waals surface area contributed by atoms with Crippen LogP contribution < -0.4 is 10.4 Å². The quantitative estimate of drug-likeness (QED) is 0.121. The Kier molecular flexibility index (Phi) is 11.4. The van der Waals surface area contributed by atoms with Gasteiger partial charge in [0.05, 0.1) is 11.1 Å². The van der Waals surface area contributed by atoms with E-state index in [0.29, 0.717) is 11.1 Å². The van der Waals surface area contributed by atoms with Crippen molar-refractivity contribution in [3.8, 4) is 0 Å². The van der Waals surface area contributed by atoms with Crippen molar-refractivity contribution in [1.29, 1.82) is 0 Å². The number of carbonyl (C=O) groups excluding carboxylic acids is 2. The van der Waals surface area contributed by atoms with Gasteiger partial charge in [-0.1, -0.05) is 85.1 Å². The fourth-order valence-corrected chi connectivity index (χ4v) is 8.80. The number of hydrogen-bond acceptors (Lipinski definition) is 6. The molecule has 38 heavy (non-hydrogen) atoms. The molecule has 0 aromatic heterocycles. The maximum absolute atomic E-state index is 12.5. The van der Waals surface area contributed by atoms with Gasteiger partial charge in [0.1, 0.15) is 16.1 Å². The molecule has 0 saturated carbocycles. The predicted octanol–water partition coefficient (Wildman–Crippen LogP) is 5.80. The van der Waals surface area contributed by atoms with E-state index in [9.17, 15) is 9.59 Å². The van der Waals surface area contributed by atoms with Crippen LogP contribution in [0.1, 0.15) is 48.4 Å². The molecule has 0 saturated heterocycles. The Bertz CT molecular complexity index is 1030. The maximum Gasteiger partial charge on any atom is 0.373 e. The Morgan fingerprint density at radius 2 is 1.00 bits per heavy atom. The molecule has 0 aliphatic rings. The van der Waals surface area contributed by atoms with Gasteiger partial charge in [-0.25, -0.2) is 9.59 Å². The summed E-state index contributed by atoms with van der Waals surface area (Å²) in [7, 11) is -4.00. The highest BCUT2D eigenvalue weighted by Gasteiger charge is 2.28. The first-order valence-corrected chi connectivity index (χ1v) is 17.4. The number of carbonyl (C=O) groups is 2. The Morgan fingerprint density at radius 1 is 0.684 bits per heavy atom. The molecular formula is C30H38O6Si2. The molecule has 0 atom stereocenters. The summed E-state index contributed by atoms with van der Waals surface area (Å²) in [6, 6.07) is 16.1. The highest BCUT2D eigenvalue weighted by atomic mass is 28.3. The first-order valence-electron chi connectivity index (χ1n) is 12.7. The first-order chi connectivity index (χ1) is 18.1. The van der Waals surface area contributed by atoms with Crippen LogP contribution in [0.4, 0.5) is 0 Å². The molecule has 0 N–H and O–H groups in total. The topological polar surface area (TPSA) is 71.1 Å². The highest BCUT2D eigenvalue weighted by molar-refractivity contribution is 7.00. The fraction of sp³-hybridized carbons (Fsp3) is 0.267. The van der Waals surface area contributed by atoms with E-state index >= 15 is 0 Å². The molecule has 2 rings (SSSR count). The summed E-state index contributed by atoms with van der Waals surface area (Å²) in [6.07, 6.45) is -1.12. The second-order valence-electron chi connectivity index (χ2n) is 9.31. The zero-order valence-electron chi connectivity index (χ0n) is 22.8. The van der Waals surface area contributed by atoms with Gasteiger partial charge in [0.25, 0.3) is 0 Å². The van der Waals surface area contributed by atoms with E-state index in [1.165, 1.54) is 0 Å². The van der Waals surface area contributed by atoms with Crippen LogP contribution in [0.3, 0.4) is 0 Å². The van der Waals surface area contributed by atoms with Crippen molar-refractivity contribution in [2.75, 3.05) is 0 Å². The third-order valence-electron chi connectivity index (χ3n) is 6.92. The van der Waals surface area contributed by atoms with Crippen LogP contribution in [0, 0.1) is 5.92 Å². The normalized spacial score (nSPS) is 11.6. The highest BCUT2D eigenvalue weighted by Crippen LogP contribution is 2.17. The number of hydrogen-bond donors (Lipinski definition) is 0. The van der Waals surface area contributed by atoms with Gasteiger partial charge in [0.2, 0.25) is 6.29 Å². The van der Waals surface area contributed by atoms with Crippen molar-refractivity contribution >= 4 is 38.5 Å². The van der Waals surface area contributed by atoms with Crippen molar-refractivity contribution in [2.24, 2.45) is 5.92 Å². The standard InChI is InChI=1S/C30H38O6Si2/c1-9-37(10-2,11-3)26-19-15-24(16-20-26)28(31)33-35-30(23(7)8)36-34-29(32)25-17-21-27(22-18-25)38(12-4,13-5)14-6/h9-10,12-13,15-23,30H,1-2,4-5,11,14H2,3,6-8H3. The minimum absolute atomic E-state index is 0.284. The largest absolute Gasteiger partial charge is 0.373 e. The molecule has 0 aliphatic carbocycles. The van der Waals surface area contributed by atoms with Crippen LogP contribution >= 0.6 is 0 Å². The van der Waals surface area contributed by atoms with Gasteiger partial charge < -0.3 is 0 Å². The molecule has 0 heterocycles. The summed E-state index contributed by atoms with van der Waals surface area (Å²) in [4.78, 5) is 45.4. The van der Waals surface area contributed by atoms with E-state index in [2.05, 4.69) is 40.2 Å². The van der Waals surface area contributed by atoms with Gasteiger partial charge in [-0.2, -0.15) is 0 Å².